The highest BCUT2D eigenvalue weighted by molar-refractivity contribution is 7.89. The lowest BCUT2D eigenvalue weighted by atomic mass is 10.2. The van der Waals surface area contributed by atoms with Gasteiger partial charge in [0.2, 0.25) is 10.0 Å². The van der Waals surface area contributed by atoms with Crippen LogP contribution in [-0.4, -0.2) is 19.8 Å². The van der Waals surface area contributed by atoms with Gasteiger partial charge in [0.1, 0.15) is 4.90 Å². The van der Waals surface area contributed by atoms with Gasteiger partial charge in [0.25, 0.3) is 6.43 Å². The molecule has 0 saturated heterocycles. The van der Waals surface area contributed by atoms with E-state index in [0.717, 1.165) is 0 Å². The summed E-state index contributed by atoms with van der Waals surface area (Å²) in [6, 6.07) is 0. The van der Waals surface area contributed by atoms with Crippen molar-refractivity contribution in [3.05, 3.63) is 17.5 Å². The fraction of sp³-hybridized carbons (Fsp3) is 0.375. The molecule has 0 bridgehead atoms. The van der Waals surface area contributed by atoms with Crippen LogP contribution in [0.25, 0.3) is 0 Å². The zero-order chi connectivity index (χ0) is 15.7. The maximum Gasteiger partial charge on any atom is 0.573 e. The molecular formula is C8H6ClF5N2O3S. The summed E-state index contributed by atoms with van der Waals surface area (Å²) in [7, 11) is -4.81. The van der Waals surface area contributed by atoms with E-state index in [0.29, 0.717) is 6.20 Å². The number of ether oxygens (including phenoxy) is 1. The quantitative estimate of drug-likeness (QED) is 0.673. The normalized spacial score (nSPS) is 12.8. The predicted molar refractivity (Wildman–Crippen MR) is 56.8 cm³/mol. The maximum atomic E-state index is 12.7. The molecule has 2 N–H and O–H groups in total. The highest BCUT2D eigenvalue weighted by atomic mass is 35.5. The van der Waals surface area contributed by atoms with E-state index < -0.39 is 50.6 Å². The topological polar surface area (TPSA) is 82.3 Å². The van der Waals surface area contributed by atoms with Gasteiger partial charge in [0.05, 0.1) is 17.1 Å². The van der Waals surface area contributed by atoms with Crippen molar-refractivity contribution in [1.82, 2.24) is 4.98 Å². The highest BCUT2D eigenvalue weighted by Crippen LogP contribution is 2.38. The molecule has 0 aromatic carbocycles. The van der Waals surface area contributed by atoms with Crippen LogP contribution in [0.3, 0.4) is 0 Å². The molecule has 1 rings (SSSR count). The van der Waals surface area contributed by atoms with Crippen LogP contribution in [0.4, 0.5) is 22.0 Å². The lowest BCUT2D eigenvalue weighted by molar-refractivity contribution is -0.276. The lowest BCUT2D eigenvalue weighted by Gasteiger charge is -2.17. The number of hydrogen-bond donors (Lipinski definition) is 1. The second-order valence-corrected chi connectivity index (χ2v) is 5.11. The van der Waals surface area contributed by atoms with E-state index in [2.05, 4.69) is 9.72 Å². The molecule has 12 heteroatoms. The first kappa shape index (κ1) is 16.9. The average molecular weight is 341 g/mol. The minimum atomic E-state index is -5.39. The number of rotatable bonds is 4. The van der Waals surface area contributed by atoms with Crippen molar-refractivity contribution < 1.29 is 35.1 Å². The minimum absolute atomic E-state index is 0.345. The van der Waals surface area contributed by atoms with Crippen molar-refractivity contribution in [3.63, 3.8) is 0 Å². The van der Waals surface area contributed by atoms with E-state index >= 15 is 0 Å². The highest BCUT2D eigenvalue weighted by Gasteiger charge is 2.38. The summed E-state index contributed by atoms with van der Waals surface area (Å²) in [5.41, 5.74) is -1.99. The third kappa shape index (κ3) is 3.90. The Bertz CT molecular complexity index is 605. The molecule has 0 aliphatic rings. The van der Waals surface area contributed by atoms with Crippen LogP contribution >= 0.6 is 11.6 Å². The van der Waals surface area contributed by atoms with Crippen molar-refractivity contribution in [1.29, 1.82) is 0 Å². The van der Waals surface area contributed by atoms with Crippen LogP contribution in [0.2, 0.25) is 0 Å². The van der Waals surface area contributed by atoms with Crippen molar-refractivity contribution in [2.24, 2.45) is 5.14 Å². The first-order valence-corrected chi connectivity index (χ1v) is 6.70. The first-order valence-electron chi connectivity index (χ1n) is 4.61. The molecular weight excluding hydrogens is 335 g/mol. The summed E-state index contributed by atoms with van der Waals surface area (Å²) >= 11 is 5.31. The summed E-state index contributed by atoms with van der Waals surface area (Å²) < 4.78 is 87.9. The predicted octanol–water partition coefficient (Wildman–Crippen LogP) is 2.30. The smallest absolute Gasteiger partial charge is 0.404 e. The Kier molecular flexibility index (Phi) is 4.77. The summed E-state index contributed by atoms with van der Waals surface area (Å²) in [4.78, 5) is 1.94. The molecule has 1 aromatic rings. The van der Waals surface area contributed by atoms with E-state index in [9.17, 15) is 30.4 Å². The lowest BCUT2D eigenvalue weighted by Crippen LogP contribution is -2.24. The number of sulfonamides is 1. The van der Waals surface area contributed by atoms with Gasteiger partial charge in [-0.3, -0.25) is 4.98 Å². The third-order valence-electron chi connectivity index (χ3n) is 1.95. The number of nitrogens with two attached hydrogens (primary N) is 1. The molecule has 0 aliphatic heterocycles. The van der Waals surface area contributed by atoms with Crippen LogP contribution in [0.5, 0.6) is 5.75 Å². The zero-order valence-corrected chi connectivity index (χ0v) is 10.9. The molecule has 20 heavy (non-hydrogen) atoms. The second-order valence-electron chi connectivity index (χ2n) is 3.35. The Balaban J connectivity index is 3.70. The summed E-state index contributed by atoms with van der Waals surface area (Å²) in [6.07, 6.45) is -8.50. The van der Waals surface area contributed by atoms with E-state index in [1.54, 1.807) is 0 Å². The Morgan fingerprint density at radius 3 is 2.30 bits per heavy atom. The molecule has 0 saturated carbocycles. The van der Waals surface area contributed by atoms with Crippen molar-refractivity contribution in [2.75, 3.05) is 0 Å². The number of alkyl halides is 6. The van der Waals surface area contributed by atoms with Gasteiger partial charge in [-0.05, 0) is 0 Å². The summed E-state index contributed by atoms with van der Waals surface area (Å²) in [6.45, 7) is 0. The van der Waals surface area contributed by atoms with Gasteiger partial charge in [-0.25, -0.2) is 22.3 Å². The van der Waals surface area contributed by atoms with E-state index in [4.69, 9.17) is 16.7 Å². The molecule has 114 valence electrons. The Hall–Kier alpha value is -1.20. The standard InChI is InChI=1S/C8H6ClF5N2O3S/c9-1-4-6(20(15,17)18)5(19-8(12,13)14)3(2-16-4)7(10)11/h2,7H,1H2,(H2,15,17,18). The fourth-order valence-corrected chi connectivity index (χ4v) is 2.45. The number of aromatic nitrogens is 1. The molecule has 0 aliphatic carbocycles. The second kappa shape index (κ2) is 5.66. The molecule has 1 aromatic heterocycles. The number of halogens is 6. The molecule has 0 unspecified atom stereocenters. The minimum Gasteiger partial charge on any atom is -0.404 e. The van der Waals surface area contributed by atoms with Gasteiger partial charge >= 0.3 is 6.36 Å². The first-order chi connectivity index (χ1) is 8.97. The number of pyridine rings is 1. The average Bonchev–Trinajstić information content (AvgIpc) is 2.23. The number of nitrogens with zero attached hydrogens (tertiary/aromatic N) is 1. The maximum absolute atomic E-state index is 12.7. The molecule has 0 spiro atoms. The van der Waals surface area contributed by atoms with Crippen LogP contribution in [-0.2, 0) is 15.9 Å². The van der Waals surface area contributed by atoms with Crippen LogP contribution in [0.15, 0.2) is 11.1 Å². The largest absolute Gasteiger partial charge is 0.573 e. The molecule has 0 atom stereocenters. The fourth-order valence-electron chi connectivity index (χ4n) is 1.29. The van der Waals surface area contributed by atoms with Crippen LogP contribution < -0.4 is 9.88 Å². The third-order valence-corrected chi connectivity index (χ3v) is 3.20. The monoisotopic (exact) mass is 340 g/mol. The number of primary sulfonamides is 1. The van der Waals surface area contributed by atoms with Crippen LogP contribution in [0, 0.1) is 0 Å². The van der Waals surface area contributed by atoms with Gasteiger partial charge in [-0.2, -0.15) is 0 Å². The van der Waals surface area contributed by atoms with E-state index in [1.165, 1.54) is 0 Å². The molecule has 5 nitrogen and oxygen atoms in total. The Morgan fingerprint density at radius 2 is 1.95 bits per heavy atom. The van der Waals surface area contributed by atoms with Crippen molar-refractivity contribution >= 4 is 21.6 Å². The number of hydrogen-bond acceptors (Lipinski definition) is 4. The van der Waals surface area contributed by atoms with Gasteiger partial charge in [-0.15, -0.1) is 24.8 Å². The van der Waals surface area contributed by atoms with E-state index in [-0.39, 0.29) is 0 Å². The Morgan fingerprint density at radius 1 is 1.40 bits per heavy atom. The van der Waals surface area contributed by atoms with Crippen molar-refractivity contribution in [3.8, 4) is 5.75 Å². The van der Waals surface area contributed by atoms with E-state index in [1.807, 2.05) is 0 Å². The molecule has 0 radical (unpaired) electrons. The molecule has 1 heterocycles. The van der Waals surface area contributed by atoms with Crippen molar-refractivity contribution in [2.45, 2.75) is 23.6 Å². The summed E-state index contributed by atoms with van der Waals surface area (Å²) in [5.74, 6) is -2.29. The van der Waals surface area contributed by atoms with Gasteiger partial charge in [0, 0.05) is 6.20 Å². The van der Waals surface area contributed by atoms with Crippen LogP contribution in [0.1, 0.15) is 17.7 Å². The molecule has 0 fully saturated rings. The zero-order valence-electron chi connectivity index (χ0n) is 9.29. The van der Waals surface area contributed by atoms with Gasteiger partial charge < -0.3 is 4.74 Å². The SMILES string of the molecule is NS(=O)(=O)c1c(CCl)ncc(C(F)F)c1OC(F)(F)F. The Labute approximate surface area is 114 Å². The summed E-state index contributed by atoms with van der Waals surface area (Å²) in [5, 5.41) is 4.70. The van der Waals surface area contributed by atoms with Gasteiger partial charge in [-0.1, -0.05) is 0 Å². The molecule has 0 amide bonds. The van der Waals surface area contributed by atoms with Gasteiger partial charge in [0.15, 0.2) is 5.75 Å².